The van der Waals surface area contributed by atoms with Crippen molar-refractivity contribution in [3.63, 3.8) is 0 Å². The van der Waals surface area contributed by atoms with Crippen molar-refractivity contribution < 1.29 is 13.9 Å². The van der Waals surface area contributed by atoms with E-state index in [0.717, 1.165) is 11.3 Å². The van der Waals surface area contributed by atoms with E-state index in [2.05, 4.69) is 26.2 Å². The van der Waals surface area contributed by atoms with Crippen LogP contribution in [0.4, 0.5) is 4.39 Å². The van der Waals surface area contributed by atoms with Gasteiger partial charge in [-0.2, -0.15) is 0 Å². The van der Waals surface area contributed by atoms with Crippen molar-refractivity contribution in [2.45, 2.75) is 25.8 Å². The van der Waals surface area contributed by atoms with Crippen LogP contribution in [-0.4, -0.2) is 17.5 Å². The van der Waals surface area contributed by atoms with Crippen molar-refractivity contribution in [2.24, 2.45) is 0 Å². The van der Waals surface area contributed by atoms with Gasteiger partial charge in [0.15, 0.2) is 0 Å². The summed E-state index contributed by atoms with van der Waals surface area (Å²) < 4.78 is 19.3. The van der Waals surface area contributed by atoms with Gasteiger partial charge in [-0.05, 0) is 34.0 Å². The molecule has 0 radical (unpaired) electrons. The van der Waals surface area contributed by atoms with Crippen LogP contribution < -0.4 is 10.1 Å². The Balaban J connectivity index is 1.83. The van der Waals surface area contributed by atoms with E-state index in [4.69, 9.17) is 4.74 Å². The van der Waals surface area contributed by atoms with Crippen molar-refractivity contribution in [3.8, 4) is 5.75 Å². The number of benzene rings is 1. The maximum Gasteiger partial charge on any atom is 0.253 e. The highest BCUT2D eigenvalue weighted by Crippen LogP contribution is 2.36. The highest BCUT2D eigenvalue weighted by atomic mass is 79.9. The zero-order valence-electron chi connectivity index (χ0n) is 12.2. The molecule has 1 amide bonds. The lowest BCUT2D eigenvalue weighted by molar-refractivity contribution is 0.0929. The fourth-order valence-corrected chi connectivity index (χ4v) is 2.98. The van der Waals surface area contributed by atoms with Crippen LogP contribution in [0, 0.1) is 5.82 Å². The number of ether oxygens (including phenoxy) is 1. The van der Waals surface area contributed by atoms with E-state index in [1.54, 1.807) is 18.3 Å². The van der Waals surface area contributed by atoms with Crippen molar-refractivity contribution in [2.75, 3.05) is 6.61 Å². The average Bonchev–Trinajstić information content (AvgIpc) is 3.08. The Labute approximate surface area is 136 Å². The summed E-state index contributed by atoms with van der Waals surface area (Å²) >= 11 is 3.16. The smallest absolute Gasteiger partial charge is 0.253 e. The third kappa shape index (κ3) is 2.63. The number of hydrogen-bond acceptors (Lipinski definition) is 2. The van der Waals surface area contributed by atoms with Gasteiger partial charge in [-0.3, -0.25) is 4.79 Å². The summed E-state index contributed by atoms with van der Waals surface area (Å²) in [5.74, 6) is 0.167. The molecule has 1 aromatic carbocycles. The number of aromatic nitrogens is 1. The first-order chi connectivity index (χ1) is 10.5. The maximum absolute atomic E-state index is 13.5. The van der Waals surface area contributed by atoms with Crippen molar-refractivity contribution in [3.05, 3.63) is 51.5 Å². The molecule has 1 aliphatic heterocycles. The molecule has 1 aromatic heterocycles. The van der Waals surface area contributed by atoms with E-state index in [0.29, 0.717) is 22.4 Å². The van der Waals surface area contributed by atoms with E-state index >= 15 is 0 Å². The molecule has 1 atom stereocenters. The largest absolute Gasteiger partial charge is 0.491 e. The lowest BCUT2D eigenvalue weighted by Crippen LogP contribution is -2.30. The standard InChI is InChI=1S/C16H16BrFN2O2/c1-8(2)15-9(3-4-19-15)16(21)20-13-7-22-14-6-12(18)11(17)5-10(13)14/h3-6,8,13,19H,7H2,1-2H3,(H,20,21). The number of hydrogen-bond donors (Lipinski definition) is 2. The van der Waals surface area contributed by atoms with Gasteiger partial charge in [-0.1, -0.05) is 13.8 Å². The first-order valence-electron chi connectivity index (χ1n) is 7.07. The molecule has 22 heavy (non-hydrogen) atoms. The zero-order chi connectivity index (χ0) is 15.9. The molecule has 0 saturated carbocycles. The Hall–Kier alpha value is -1.82. The number of H-pyrrole nitrogens is 1. The molecule has 2 heterocycles. The lowest BCUT2D eigenvalue weighted by Gasteiger charge is -2.13. The molecular weight excluding hydrogens is 351 g/mol. The van der Waals surface area contributed by atoms with Crippen LogP contribution in [0.2, 0.25) is 0 Å². The quantitative estimate of drug-likeness (QED) is 0.865. The van der Waals surface area contributed by atoms with Crippen LogP contribution in [0.3, 0.4) is 0 Å². The number of amides is 1. The van der Waals surface area contributed by atoms with E-state index in [9.17, 15) is 9.18 Å². The van der Waals surface area contributed by atoms with Gasteiger partial charge in [0.1, 0.15) is 18.2 Å². The molecule has 0 spiro atoms. The van der Waals surface area contributed by atoms with Crippen molar-refractivity contribution >= 4 is 21.8 Å². The third-order valence-electron chi connectivity index (χ3n) is 3.74. The number of fused-ring (bicyclic) bond motifs is 1. The second-order valence-corrected chi connectivity index (χ2v) is 6.46. The van der Waals surface area contributed by atoms with Crippen LogP contribution >= 0.6 is 15.9 Å². The Morgan fingerprint density at radius 1 is 1.50 bits per heavy atom. The van der Waals surface area contributed by atoms with Gasteiger partial charge in [0, 0.05) is 23.5 Å². The second kappa shape index (κ2) is 5.76. The molecule has 0 fully saturated rings. The Bertz CT molecular complexity index is 727. The fraction of sp³-hybridized carbons (Fsp3) is 0.312. The van der Waals surface area contributed by atoms with Gasteiger partial charge in [0.05, 0.1) is 16.1 Å². The molecule has 1 aliphatic rings. The van der Waals surface area contributed by atoms with E-state index in [1.165, 1.54) is 6.07 Å². The summed E-state index contributed by atoms with van der Waals surface area (Å²) in [6, 6.07) is 4.47. The Morgan fingerprint density at radius 2 is 2.27 bits per heavy atom. The van der Waals surface area contributed by atoms with Crippen molar-refractivity contribution in [1.82, 2.24) is 10.3 Å². The number of rotatable bonds is 3. The average molecular weight is 367 g/mol. The van der Waals surface area contributed by atoms with Gasteiger partial charge in [0.25, 0.3) is 5.91 Å². The van der Waals surface area contributed by atoms with E-state index in [1.807, 2.05) is 13.8 Å². The predicted molar refractivity (Wildman–Crippen MR) is 84.7 cm³/mol. The minimum absolute atomic E-state index is 0.160. The van der Waals surface area contributed by atoms with Crippen molar-refractivity contribution in [1.29, 1.82) is 0 Å². The predicted octanol–water partition coefficient (Wildman–Crippen LogP) is 3.90. The van der Waals surface area contributed by atoms with Gasteiger partial charge in [-0.25, -0.2) is 4.39 Å². The maximum atomic E-state index is 13.5. The zero-order valence-corrected chi connectivity index (χ0v) is 13.8. The lowest BCUT2D eigenvalue weighted by atomic mass is 10.0. The van der Waals surface area contributed by atoms with Gasteiger partial charge in [-0.15, -0.1) is 0 Å². The van der Waals surface area contributed by atoms with Gasteiger partial charge in [0.2, 0.25) is 0 Å². The molecule has 116 valence electrons. The highest BCUT2D eigenvalue weighted by Gasteiger charge is 2.28. The molecule has 0 saturated heterocycles. The summed E-state index contributed by atoms with van der Waals surface area (Å²) in [6.07, 6.45) is 1.76. The summed E-state index contributed by atoms with van der Waals surface area (Å²) in [7, 11) is 0. The summed E-state index contributed by atoms with van der Waals surface area (Å²) in [5.41, 5.74) is 2.31. The van der Waals surface area contributed by atoms with Crippen LogP contribution in [0.25, 0.3) is 0 Å². The number of nitrogens with one attached hydrogen (secondary N) is 2. The normalized spacial score (nSPS) is 16.5. The highest BCUT2D eigenvalue weighted by molar-refractivity contribution is 9.10. The molecule has 2 aromatic rings. The number of carbonyl (C=O) groups excluding carboxylic acids is 1. The first-order valence-corrected chi connectivity index (χ1v) is 7.86. The molecular formula is C16H16BrFN2O2. The Morgan fingerprint density at radius 3 is 3.00 bits per heavy atom. The monoisotopic (exact) mass is 366 g/mol. The molecule has 0 bridgehead atoms. The number of aromatic amines is 1. The molecule has 4 nitrogen and oxygen atoms in total. The fourth-order valence-electron chi connectivity index (χ4n) is 2.62. The second-order valence-electron chi connectivity index (χ2n) is 5.60. The van der Waals surface area contributed by atoms with Gasteiger partial charge < -0.3 is 15.0 Å². The van der Waals surface area contributed by atoms with Crippen LogP contribution in [0.5, 0.6) is 5.75 Å². The van der Waals surface area contributed by atoms with Gasteiger partial charge >= 0.3 is 0 Å². The summed E-state index contributed by atoms with van der Waals surface area (Å²) in [6.45, 7) is 4.35. The number of halogens is 2. The number of carbonyl (C=O) groups is 1. The summed E-state index contributed by atoms with van der Waals surface area (Å²) in [5, 5.41) is 2.95. The van der Waals surface area contributed by atoms with Crippen LogP contribution in [0.1, 0.15) is 47.4 Å². The van der Waals surface area contributed by atoms with Crippen LogP contribution in [-0.2, 0) is 0 Å². The van der Waals surface area contributed by atoms with E-state index in [-0.39, 0.29) is 23.7 Å². The molecule has 1 unspecified atom stereocenters. The minimum atomic E-state index is -0.376. The summed E-state index contributed by atoms with van der Waals surface area (Å²) in [4.78, 5) is 15.6. The van der Waals surface area contributed by atoms with Crippen LogP contribution in [0.15, 0.2) is 28.9 Å². The molecule has 3 rings (SSSR count). The molecule has 6 heteroatoms. The molecule has 2 N–H and O–H groups in total. The molecule has 0 aliphatic carbocycles. The SMILES string of the molecule is CC(C)c1[nH]ccc1C(=O)NC1COc2cc(F)c(Br)cc21. The minimum Gasteiger partial charge on any atom is -0.491 e. The Kier molecular flexibility index (Phi) is 3.95. The van der Waals surface area contributed by atoms with E-state index < -0.39 is 0 Å². The first kappa shape index (κ1) is 15.1. The topological polar surface area (TPSA) is 54.1 Å². The third-order valence-corrected chi connectivity index (χ3v) is 4.35.